The van der Waals surface area contributed by atoms with Crippen LogP contribution in [0.4, 0.5) is 11.4 Å². The predicted molar refractivity (Wildman–Crippen MR) is 86.9 cm³/mol. The van der Waals surface area contributed by atoms with Crippen LogP contribution in [0.15, 0.2) is 30.3 Å². The number of benzene rings is 2. The standard InChI is InChI=1S/C13H8Cl4N2O2/c14-8-4-11(16)13(12(17)5-8)18-6-7-3-9(19(20)21)1-2-10(7)15/h1-5,18H,6H2. The number of non-ortho nitro benzene ring substituents is 1. The second-order valence-electron chi connectivity index (χ2n) is 4.13. The molecule has 0 aliphatic heterocycles. The minimum atomic E-state index is -0.484. The Morgan fingerprint density at radius 2 is 1.62 bits per heavy atom. The van der Waals surface area contributed by atoms with Gasteiger partial charge in [0.25, 0.3) is 5.69 Å². The molecule has 0 saturated carbocycles. The lowest BCUT2D eigenvalue weighted by molar-refractivity contribution is -0.384. The van der Waals surface area contributed by atoms with E-state index >= 15 is 0 Å². The van der Waals surface area contributed by atoms with E-state index in [1.807, 2.05) is 0 Å². The summed E-state index contributed by atoms with van der Waals surface area (Å²) in [6.07, 6.45) is 0. The van der Waals surface area contributed by atoms with Crippen LogP contribution >= 0.6 is 46.4 Å². The number of nitrogens with one attached hydrogen (secondary N) is 1. The van der Waals surface area contributed by atoms with Crippen molar-refractivity contribution >= 4 is 57.8 Å². The SMILES string of the molecule is O=[N+]([O-])c1ccc(Cl)c(CNc2c(Cl)cc(Cl)cc2Cl)c1. The Kier molecular flexibility index (Phi) is 5.17. The Hall–Kier alpha value is -1.20. The maximum atomic E-state index is 10.8. The van der Waals surface area contributed by atoms with Gasteiger partial charge in [-0.15, -0.1) is 0 Å². The number of anilines is 1. The first-order valence-electron chi connectivity index (χ1n) is 5.69. The second kappa shape index (κ2) is 6.71. The minimum absolute atomic E-state index is 0.0375. The van der Waals surface area contributed by atoms with Gasteiger partial charge in [0.05, 0.1) is 20.7 Å². The molecule has 8 heteroatoms. The highest BCUT2D eigenvalue weighted by Gasteiger charge is 2.12. The molecule has 0 fully saturated rings. The number of nitro groups is 1. The van der Waals surface area contributed by atoms with Crippen LogP contribution < -0.4 is 5.32 Å². The van der Waals surface area contributed by atoms with Gasteiger partial charge in [0.2, 0.25) is 0 Å². The van der Waals surface area contributed by atoms with Crippen molar-refractivity contribution in [2.45, 2.75) is 6.54 Å². The molecule has 0 saturated heterocycles. The molecule has 2 aromatic rings. The predicted octanol–water partition coefficient (Wildman–Crippen LogP) is 5.82. The van der Waals surface area contributed by atoms with Gasteiger partial charge in [0, 0.05) is 28.7 Å². The van der Waals surface area contributed by atoms with Crippen LogP contribution in [0.5, 0.6) is 0 Å². The van der Waals surface area contributed by atoms with E-state index in [1.54, 1.807) is 12.1 Å². The van der Waals surface area contributed by atoms with Crippen LogP contribution in [-0.4, -0.2) is 4.92 Å². The molecule has 2 aromatic carbocycles. The van der Waals surface area contributed by atoms with Crippen molar-refractivity contribution in [1.29, 1.82) is 0 Å². The monoisotopic (exact) mass is 364 g/mol. The molecule has 0 aliphatic carbocycles. The van der Waals surface area contributed by atoms with E-state index in [0.29, 0.717) is 31.3 Å². The van der Waals surface area contributed by atoms with Gasteiger partial charge in [-0.2, -0.15) is 0 Å². The quantitative estimate of drug-likeness (QED) is 0.548. The fourth-order valence-electron chi connectivity index (χ4n) is 1.70. The number of hydrogen-bond donors (Lipinski definition) is 1. The summed E-state index contributed by atoms with van der Waals surface area (Å²) in [4.78, 5) is 10.3. The van der Waals surface area contributed by atoms with Crippen molar-refractivity contribution in [3.63, 3.8) is 0 Å². The summed E-state index contributed by atoms with van der Waals surface area (Å²) in [5.74, 6) is 0. The third-order valence-corrected chi connectivity index (χ3v) is 3.89. The van der Waals surface area contributed by atoms with Crippen LogP contribution in [0, 0.1) is 10.1 Å². The summed E-state index contributed by atoms with van der Waals surface area (Å²) in [6.45, 7) is 0.238. The fourth-order valence-corrected chi connectivity index (χ4v) is 2.84. The lowest BCUT2D eigenvalue weighted by atomic mass is 10.2. The van der Waals surface area contributed by atoms with Gasteiger partial charge in [0.1, 0.15) is 0 Å². The topological polar surface area (TPSA) is 55.2 Å². The van der Waals surface area contributed by atoms with Crippen LogP contribution in [0.1, 0.15) is 5.56 Å². The highest BCUT2D eigenvalue weighted by molar-refractivity contribution is 6.41. The average molecular weight is 366 g/mol. The van der Waals surface area contributed by atoms with Crippen molar-refractivity contribution < 1.29 is 4.92 Å². The molecule has 0 aromatic heterocycles. The number of halogens is 4. The van der Waals surface area contributed by atoms with Gasteiger partial charge in [-0.3, -0.25) is 10.1 Å². The summed E-state index contributed by atoms with van der Waals surface area (Å²) in [5, 5.41) is 15.3. The lowest BCUT2D eigenvalue weighted by Crippen LogP contribution is -2.02. The highest BCUT2D eigenvalue weighted by atomic mass is 35.5. The number of rotatable bonds is 4. The van der Waals surface area contributed by atoms with E-state index < -0.39 is 4.92 Å². The number of hydrogen-bond acceptors (Lipinski definition) is 3. The van der Waals surface area contributed by atoms with E-state index in [0.717, 1.165) is 0 Å². The largest absolute Gasteiger partial charge is 0.378 e. The van der Waals surface area contributed by atoms with Crippen molar-refractivity contribution in [1.82, 2.24) is 0 Å². The van der Waals surface area contributed by atoms with Crippen LogP contribution in [0.25, 0.3) is 0 Å². The van der Waals surface area contributed by atoms with Crippen molar-refractivity contribution in [3.8, 4) is 0 Å². The summed E-state index contributed by atoms with van der Waals surface area (Å²) in [6, 6.07) is 7.31. The van der Waals surface area contributed by atoms with Gasteiger partial charge in [-0.25, -0.2) is 0 Å². The first kappa shape index (κ1) is 16.2. The van der Waals surface area contributed by atoms with E-state index in [4.69, 9.17) is 46.4 Å². The number of nitro benzene ring substituents is 1. The van der Waals surface area contributed by atoms with Gasteiger partial charge >= 0.3 is 0 Å². The molecule has 0 radical (unpaired) electrons. The first-order chi connectivity index (χ1) is 9.88. The zero-order valence-corrected chi connectivity index (χ0v) is 13.4. The summed E-state index contributed by atoms with van der Waals surface area (Å²) in [5.41, 5.74) is 1.02. The highest BCUT2D eigenvalue weighted by Crippen LogP contribution is 2.34. The molecule has 0 bridgehead atoms. The van der Waals surface area contributed by atoms with E-state index in [1.165, 1.54) is 18.2 Å². The van der Waals surface area contributed by atoms with Crippen molar-refractivity contribution in [3.05, 3.63) is 66.1 Å². The second-order valence-corrected chi connectivity index (χ2v) is 5.79. The Labute approximate surface area is 140 Å². The van der Waals surface area contributed by atoms with Crippen molar-refractivity contribution in [2.75, 3.05) is 5.32 Å². The summed E-state index contributed by atoms with van der Waals surface area (Å²) >= 11 is 23.9. The normalized spacial score (nSPS) is 10.5. The Bertz CT molecular complexity index is 684. The summed E-state index contributed by atoms with van der Waals surface area (Å²) < 4.78 is 0. The minimum Gasteiger partial charge on any atom is -0.378 e. The molecular formula is C13H8Cl4N2O2. The molecule has 4 nitrogen and oxygen atoms in total. The fraction of sp³-hybridized carbons (Fsp3) is 0.0769. The van der Waals surface area contributed by atoms with E-state index in [2.05, 4.69) is 5.32 Å². The van der Waals surface area contributed by atoms with E-state index in [-0.39, 0.29) is 12.2 Å². The molecule has 0 spiro atoms. The van der Waals surface area contributed by atoms with Gasteiger partial charge in [-0.05, 0) is 23.8 Å². The molecule has 0 aliphatic rings. The number of nitrogens with zero attached hydrogens (tertiary/aromatic N) is 1. The maximum absolute atomic E-state index is 10.8. The zero-order chi connectivity index (χ0) is 15.6. The molecule has 0 unspecified atom stereocenters. The molecule has 21 heavy (non-hydrogen) atoms. The first-order valence-corrected chi connectivity index (χ1v) is 7.21. The smallest absolute Gasteiger partial charge is 0.269 e. The van der Waals surface area contributed by atoms with Crippen LogP contribution in [0.3, 0.4) is 0 Å². The molecule has 0 amide bonds. The molecule has 110 valence electrons. The van der Waals surface area contributed by atoms with Gasteiger partial charge in [-0.1, -0.05) is 46.4 Å². The Morgan fingerprint density at radius 1 is 1.00 bits per heavy atom. The van der Waals surface area contributed by atoms with Crippen LogP contribution in [-0.2, 0) is 6.54 Å². The maximum Gasteiger partial charge on any atom is 0.269 e. The molecule has 1 N–H and O–H groups in total. The molecule has 0 heterocycles. The van der Waals surface area contributed by atoms with Crippen LogP contribution in [0.2, 0.25) is 20.1 Å². The van der Waals surface area contributed by atoms with Gasteiger partial charge < -0.3 is 5.32 Å². The van der Waals surface area contributed by atoms with Gasteiger partial charge in [0.15, 0.2) is 0 Å². The average Bonchev–Trinajstić information content (AvgIpc) is 2.39. The molecule has 0 atom stereocenters. The Morgan fingerprint density at radius 3 is 2.19 bits per heavy atom. The lowest BCUT2D eigenvalue weighted by Gasteiger charge is -2.12. The van der Waals surface area contributed by atoms with E-state index in [9.17, 15) is 10.1 Å². The summed E-state index contributed by atoms with van der Waals surface area (Å²) in [7, 11) is 0. The molecule has 2 rings (SSSR count). The Balaban J connectivity index is 2.24. The zero-order valence-electron chi connectivity index (χ0n) is 10.4. The third kappa shape index (κ3) is 3.92. The molecular weight excluding hydrogens is 358 g/mol. The third-order valence-electron chi connectivity index (χ3n) is 2.70. The van der Waals surface area contributed by atoms with Crippen molar-refractivity contribution in [2.24, 2.45) is 0 Å².